The van der Waals surface area contributed by atoms with Gasteiger partial charge in [0.25, 0.3) is 0 Å². The number of rotatable bonds is 6. The Morgan fingerprint density at radius 2 is 2.09 bits per heavy atom. The van der Waals surface area contributed by atoms with Crippen LogP contribution >= 0.6 is 0 Å². The van der Waals surface area contributed by atoms with Crippen LogP contribution in [0.3, 0.4) is 0 Å². The fourth-order valence-corrected chi connectivity index (χ4v) is 2.16. The summed E-state index contributed by atoms with van der Waals surface area (Å²) in [7, 11) is 0. The summed E-state index contributed by atoms with van der Waals surface area (Å²) in [6.07, 6.45) is 1.13. The van der Waals surface area contributed by atoms with Gasteiger partial charge in [-0.3, -0.25) is 4.79 Å². The number of benzene rings is 1. The second-order valence-corrected chi connectivity index (χ2v) is 5.50. The minimum atomic E-state index is -0.221. The molecule has 1 atom stereocenters. The summed E-state index contributed by atoms with van der Waals surface area (Å²) in [5.41, 5.74) is 1.47. The van der Waals surface area contributed by atoms with E-state index in [1.807, 2.05) is 20.8 Å². The molecule has 0 spiro atoms. The van der Waals surface area contributed by atoms with Gasteiger partial charge in [0, 0.05) is 5.92 Å². The number of nitrogens with zero attached hydrogens (tertiary/aromatic N) is 1. The molecule has 0 aliphatic heterocycles. The van der Waals surface area contributed by atoms with Crippen molar-refractivity contribution in [1.82, 2.24) is 10.3 Å². The highest BCUT2D eigenvalue weighted by atomic mass is 19.1. The van der Waals surface area contributed by atoms with Gasteiger partial charge in [0.1, 0.15) is 11.6 Å². The first-order valence-electron chi connectivity index (χ1n) is 7.41. The zero-order chi connectivity index (χ0) is 16.1. The van der Waals surface area contributed by atoms with Gasteiger partial charge >= 0.3 is 0 Å². The summed E-state index contributed by atoms with van der Waals surface area (Å²) in [5.74, 6) is 0.768. The lowest BCUT2D eigenvalue weighted by Gasteiger charge is -2.11. The van der Waals surface area contributed by atoms with Crippen LogP contribution in [0.4, 0.5) is 4.39 Å². The van der Waals surface area contributed by atoms with Crippen molar-refractivity contribution in [2.75, 3.05) is 0 Å². The van der Waals surface area contributed by atoms with Crippen molar-refractivity contribution in [3.63, 3.8) is 0 Å². The number of carbonyl (C=O) groups is 1. The molecule has 0 saturated carbocycles. The quantitative estimate of drug-likeness (QED) is 0.890. The lowest BCUT2D eigenvalue weighted by molar-refractivity contribution is -0.124. The van der Waals surface area contributed by atoms with Crippen LogP contribution < -0.4 is 5.32 Å². The molecule has 0 fully saturated rings. The molecule has 1 amide bonds. The van der Waals surface area contributed by atoms with Crippen molar-refractivity contribution >= 4 is 5.91 Å². The fourth-order valence-electron chi connectivity index (χ4n) is 2.16. The SMILES string of the molecule is Cc1nc(CNC(=O)[C@H](C)CCc2ccccc2F)oc1C. The van der Waals surface area contributed by atoms with Crippen molar-refractivity contribution in [1.29, 1.82) is 0 Å². The minimum absolute atomic E-state index is 0.0788. The van der Waals surface area contributed by atoms with Crippen molar-refractivity contribution < 1.29 is 13.6 Å². The average molecular weight is 304 g/mol. The molecule has 22 heavy (non-hydrogen) atoms. The smallest absolute Gasteiger partial charge is 0.223 e. The van der Waals surface area contributed by atoms with Crippen LogP contribution in [0.2, 0.25) is 0 Å². The topological polar surface area (TPSA) is 55.1 Å². The molecule has 0 radical (unpaired) electrons. The van der Waals surface area contributed by atoms with Crippen LogP contribution in [0.15, 0.2) is 28.7 Å². The van der Waals surface area contributed by atoms with Crippen molar-refractivity contribution in [3.8, 4) is 0 Å². The highest BCUT2D eigenvalue weighted by Crippen LogP contribution is 2.13. The predicted octanol–water partition coefficient (Wildman–Crippen LogP) is 3.32. The van der Waals surface area contributed by atoms with E-state index in [9.17, 15) is 9.18 Å². The van der Waals surface area contributed by atoms with Gasteiger partial charge in [0.05, 0.1) is 12.2 Å². The summed E-state index contributed by atoms with van der Waals surface area (Å²) in [4.78, 5) is 16.3. The summed E-state index contributed by atoms with van der Waals surface area (Å²) in [6.45, 7) is 5.81. The van der Waals surface area contributed by atoms with Gasteiger partial charge in [-0.25, -0.2) is 9.37 Å². The number of oxazole rings is 1. The van der Waals surface area contributed by atoms with Crippen LogP contribution in [0, 0.1) is 25.6 Å². The maximum atomic E-state index is 13.5. The Balaban J connectivity index is 1.81. The van der Waals surface area contributed by atoms with E-state index in [-0.39, 0.29) is 24.2 Å². The number of aryl methyl sites for hydroxylation is 3. The highest BCUT2D eigenvalue weighted by Gasteiger charge is 2.15. The van der Waals surface area contributed by atoms with Gasteiger partial charge < -0.3 is 9.73 Å². The Labute approximate surface area is 129 Å². The molecule has 0 unspecified atom stereocenters. The molecule has 0 saturated heterocycles. The maximum absolute atomic E-state index is 13.5. The number of aromatic nitrogens is 1. The number of nitrogens with one attached hydrogen (secondary N) is 1. The molecule has 0 bridgehead atoms. The lowest BCUT2D eigenvalue weighted by Crippen LogP contribution is -2.29. The average Bonchev–Trinajstić information content (AvgIpc) is 2.82. The second-order valence-electron chi connectivity index (χ2n) is 5.50. The number of hydrogen-bond donors (Lipinski definition) is 1. The molecule has 4 nitrogen and oxygen atoms in total. The molecule has 1 aromatic heterocycles. The van der Waals surface area contributed by atoms with Gasteiger partial charge in [0.2, 0.25) is 11.8 Å². The van der Waals surface area contributed by atoms with Gasteiger partial charge in [-0.15, -0.1) is 0 Å². The van der Waals surface area contributed by atoms with Gasteiger partial charge in [-0.2, -0.15) is 0 Å². The van der Waals surface area contributed by atoms with Crippen molar-refractivity contribution in [3.05, 3.63) is 53.0 Å². The Morgan fingerprint density at radius 1 is 1.36 bits per heavy atom. The summed E-state index contributed by atoms with van der Waals surface area (Å²) >= 11 is 0. The van der Waals surface area contributed by atoms with Crippen molar-refractivity contribution in [2.24, 2.45) is 5.92 Å². The molecule has 5 heteroatoms. The summed E-state index contributed by atoms with van der Waals surface area (Å²) in [5, 5.41) is 2.80. The molecule has 2 rings (SSSR count). The monoisotopic (exact) mass is 304 g/mol. The van der Waals surface area contributed by atoms with Crippen LogP contribution in [-0.4, -0.2) is 10.9 Å². The molecule has 118 valence electrons. The molecule has 0 aliphatic rings. The van der Waals surface area contributed by atoms with E-state index >= 15 is 0 Å². The molecule has 1 aromatic carbocycles. The fraction of sp³-hybridized carbons (Fsp3) is 0.412. The lowest BCUT2D eigenvalue weighted by atomic mass is 10.00. The first-order chi connectivity index (χ1) is 10.5. The van der Waals surface area contributed by atoms with Gasteiger partial charge in [-0.05, 0) is 38.3 Å². The maximum Gasteiger partial charge on any atom is 0.223 e. The Kier molecular flexibility index (Phi) is 5.31. The van der Waals surface area contributed by atoms with Crippen LogP contribution in [0.25, 0.3) is 0 Å². The highest BCUT2D eigenvalue weighted by molar-refractivity contribution is 5.78. The first-order valence-corrected chi connectivity index (χ1v) is 7.41. The van der Waals surface area contributed by atoms with Crippen LogP contribution in [-0.2, 0) is 17.8 Å². The molecule has 2 aromatic rings. The first kappa shape index (κ1) is 16.2. The number of halogens is 1. The third-order valence-corrected chi connectivity index (χ3v) is 3.74. The summed E-state index contributed by atoms with van der Waals surface area (Å²) < 4.78 is 18.9. The van der Waals surface area contributed by atoms with Gasteiger partial charge in [-0.1, -0.05) is 25.1 Å². The molecule has 1 N–H and O–H groups in total. The molecular weight excluding hydrogens is 283 g/mol. The molecular formula is C17H21FN2O2. The van der Waals surface area contributed by atoms with E-state index in [0.29, 0.717) is 24.3 Å². The third kappa shape index (κ3) is 4.16. The predicted molar refractivity (Wildman–Crippen MR) is 81.7 cm³/mol. The van der Waals surface area contributed by atoms with E-state index in [2.05, 4.69) is 10.3 Å². The second kappa shape index (κ2) is 7.20. The zero-order valence-electron chi connectivity index (χ0n) is 13.1. The van der Waals surface area contributed by atoms with E-state index < -0.39 is 0 Å². The number of carbonyl (C=O) groups excluding carboxylic acids is 1. The summed E-state index contributed by atoms with van der Waals surface area (Å²) in [6, 6.07) is 6.65. The van der Waals surface area contributed by atoms with E-state index in [1.54, 1.807) is 18.2 Å². The normalized spacial score (nSPS) is 12.2. The Bertz CT molecular complexity index is 632. The molecule has 1 heterocycles. The van der Waals surface area contributed by atoms with Gasteiger partial charge in [0.15, 0.2) is 0 Å². The standard InChI is InChI=1S/C17H21FN2O2/c1-11(8-9-14-6-4-5-7-15(14)18)17(21)19-10-16-20-12(2)13(3)22-16/h4-7,11H,8-10H2,1-3H3,(H,19,21)/t11-/m1/s1. The third-order valence-electron chi connectivity index (χ3n) is 3.74. The Morgan fingerprint density at radius 3 is 2.73 bits per heavy atom. The van der Waals surface area contributed by atoms with Crippen LogP contribution in [0.1, 0.15) is 36.3 Å². The molecule has 0 aliphatic carbocycles. The van der Waals surface area contributed by atoms with Crippen LogP contribution in [0.5, 0.6) is 0 Å². The largest absolute Gasteiger partial charge is 0.444 e. The van der Waals surface area contributed by atoms with E-state index in [0.717, 1.165) is 11.5 Å². The minimum Gasteiger partial charge on any atom is -0.444 e. The van der Waals surface area contributed by atoms with E-state index in [1.165, 1.54) is 6.07 Å². The van der Waals surface area contributed by atoms with Crippen molar-refractivity contribution in [2.45, 2.75) is 40.2 Å². The number of amides is 1. The van der Waals surface area contributed by atoms with E-state index in [4.69, 9.17) is 4.42 Å². The number of hydrogen-bond acceptors (Lipinski definition) is 3. The Hall–Kier alpha value is -2.17. The zero-order valence-corrected chi connectivity index (χ0v) is 13.1.